The molecule has 0 bridgehead atoms. The predicted octanol–water partition coefficient (Wildman–Crippen LogP) is 1.29. The molecule has 0 aromatic heterocycles. The first-order chi connectivity index (χ1) is 6.55. The zero-order chi connectivity index (χ0) is 11.0. The summed E-state index contributed by atoms with van der Waals surface area (Å²) >= 11 is 0. The normalized spacial score (nSPS) is 17.8. The molecule has 0 spiro atoms. The third-order valence-corrected chi connectivity index (χ3v) is 2.51. The van der Waals surface area contributed by atoms with Crippen molar-refractivity contribution in [3.63, 3.8) is 0 Å². The van der Waals surface area contributed by atoms with E-state index in [4.69, 9.17) is 5.11 Å². The van der Waals surface area contributed by atoms with Crippen molar-refractivity contribution in [1.29, 1.82) is 0 Å². The molecule has 0 aliphatic carbocycles. The van der Waals surface area contributed by atoms with E-state index in [1.807, 2.05) is 0 Å². The van der Waals surface area contributed by atoms with E-state index in [-0.39, 0.29) is 6.61 Å². The Labute approximate surface area is 87.5 Å². The lowest BCUT2D eigenvalue weighted by Gasteiger charge is -2.25. The first-order valence-electron chi connectivity index (χ1n) is 5.62. The maximum Gasteiger partial charge on any atom is 0.0972 e. The second-order valence-corrected chi connectivity index (χ2v) is 4.28. The van der Waals surface area contributed by atoms with Gasteiger partial charge in [0.15, 0.2) is 0 Å². The summed E-state index contributed by atoms with van der Waals surface area (Å²) in [4.78, 5) is 0. The summed E-state index contributed by atoms with van der Waals surface area (Å²) in [6, 6.07) is 0.466. The van der Waals surface area contributed by atoms with Crippen molar-refractivity contribution >= 4 is 0 Å². The second kappa shape index (κ2) is 7.21. The van der Waals surface area contributed by atoms with Crippen LogP contribution in [0.25, 0.3) is 0 Å². The summed E-state index contributed by atoms with van der Waals surface area (Å²) in [6.07, 6.45) is 4.64. The van der Waals surface area contributed by atoms with Crippen molar-refractivity contribution < 1.29 is 10.2 Å². The third kappa shape index (κ3) is 6.35. The standard InChI is InChI=1S/C11H25NO2/c1-4-6-7-10(5-2)12-8-11(3,14)9-13/h10,12-14H,4-9H2,1-3H3. The molecular weight excluding hydrogens is 178 g/mol. The van der Waals surface area contributed by atoms with E-state index in [1.54, 1.807) is 6.92 Å². The molecule has 0 saturated carbocycles. The largest absolute Gasteiger partial charge is 0.393 e. The molecule has 2 atom stereocenters. The monoisotopic (exact) mass is 203 g/mol. The number of hydrogen-bond donors (Lipinski definition) is 3. The second-order valence-electron chi connectivity index (χ2n) is 4.28. The Kier molecular flexibility index (Phi) is 7.15. The molecule has 0 radical (unpaired) electrons. The first-order valence-corrected chi connectivity index (χ1v) is 5.62. The van der Waals surface area contributed by atoms with E-state index in [2.05, 4.69) is 19.2 Å². The molecule has 3 heteroatoms. The highest BCUT2D eigenvalue weighted by Gasteiger charge is 2.19. The number of hydrogen-bond acceptors (Lipinski definition) is 3. The minimum absolute atomic E-state index is 0.190. The molecule has 0 amide bonds. The van der Waals surface area contributed by atoms with Crippen LogP contribution in [0.3, 0.4) is 0 Å². The van der Waals surface area contributed by atoms with Gasteiger partial charge in [0.2, 0.25) is 0 Å². The van der Waals surface area contributed by atoms with Gasteiger partial charge in [-0.25, -0.2) is 0 Å². The Morgan fingerprint density at radius 1 is 1.36 bits per heavy atom. The van der Waals surface area contributed by atoms with Crippen molar-refractivity contribution in [3.8, 4) is 0 Å². The molecule has 0 aliphatic heterocycles. The van der Waals surface area contributed by atoms with Crippen molar-refractivity contribution in [2.24, 2.45) is 0 Å². The summed E-state index contributed by atoms with van der Waals surface area (Å²) in [6.45, 7) is 6.24. The molecule has 0 aromatic rings. The van der Waals surface area contributed by atoms with Crippen molar-refractivity contribution in [3.05, 3.63) is 0 Å². The van der Waals surface area contributed by atoms with Crippen molar-refractivity contribution in [2.75, 3.05) is 13.2 Å². The summed E-state index contributed by atoms with van der Waals surface area (Å²) in [5, 5.41) is 21.7. The van der Waals surface area contributed by atoms with E-state index in [1.165, 1.54) is 12.8 Å². The Hall–Kier alpha value is -0.120. The van der Waals surface area contributed by atoms with Gasteiger partial charge in [-0.3, -0.25) is 0 Å². The molecule has 0 rings (SSSR count). The highest BCUT2D eigenvalue weighted by atomic mass is 16.3. The molecule has 0 fully saturated rings. The SMILES string of the molecule is CCCCC(CC)NCC(C)(O)CO. The van der Waals surface area contributed by atoms with Gasteiger partial charge >= 0.3 is 0 Å². The first kappa shape index (κ1) is 13.9. The molecule has 0 aromatic carbocycles. The summed E-state index contributed by atoms with van der Waals surface area (Å²) in [7, 11) is 0. The zero-order valence-electron chi connectivity index (χ0n) is 9.71. The van der Waals surface area contributed by atoms with Gasteiger partial charge in [-0.1, -0.05) is 26.7 Å². The van der Waals surface area contributed by atoms with Crippen LogP contribution < -0.4 is 5.32 Å². The fourth-order valence-electron chi connectivity index (χ4n) is 1.32. The van der Waals surface area contributed by atoms with Crippen LogP contribution in [-0.2, 0) is 0 Å². The number of aliphatic hydroxyl groups excluding tert-OH is 1. The molecular formula is C11H25NO2. The summed E-state index contributed by atoms with van der Waals surface area (Å²) < 4.78 is 0. The van der Waals surface area contributed by atoms with Gasteiger partial charge in [0, 0.05) is 12.6 Å². The predicted molar refractivity (Wildman–Crippen MR) is 59.3 cm³/mol. The fraction of sp³-hybridized carbons (Fsp3) is 1.00. The number of aliphatic hydroxyl groups is 2. The highest BCUT2D eigenvalue weighted by molar-refractivity contribution is 4.77. The fourth-order valence-corrected chi connectivity index (χ4v) is 1.32. The van der Waals surface area contributed by atoms with Gasteiger partial charge in [0.1, 0.15) is 0 Å². The number of nitrogens with one attached hydrogen (secondary N) is 1. The topological polar surface area (TPSA) is 52.5 Å². The summed E-state index contributed by atoms with van der Waals surface area (Å²) in [5.41, 5.74) is -0.986. The van der Waals surface area contributed by atoms with Crippen molar-refractivity contribution in [2.45, 2.75) is 58.1 Å². The van der Waals surface area contributed by atoms with Crippen LogP contribution in [0.4, 0.5) is 0 Å². The van der Waals surface area contributed by atoms with Gasteiger partial charge in [-0.2, -0.15) is 0 Å². The molecule has 0 saturated heterocycles. The van der Waals surface area contributed by atoms with Crippen LogP contribution in [-0.4, -0.2) is 35.0 Å². The molecule has 0 heterocycles. The number of rotatable bonds is 8. The lowest BCUT2D eigenvalue weighted by atomic mass is 10.0. The van der Waals surface area contributed by atoms with Gasteiger partial charge in [0.05, 0.1) is 12.2 Å². The van der Waals surface area contributed by atoms with Gasteiger partial charge in [0.25, 0.3) is 0 Å². The van der Waals surface area contributed by atoms with E-state index in [0.29, 0.717) is 12.6 Å². The van der Waals surface area contributed by atoms with E-state index < -0.39 is 5.60 Å². The van der Waals surface area contributed by atoms with Crippen LogP contribution in [0.2, 0.25) is 0 Å². The Bertz CT molecular complexity index is 137. The molecule has 3 nitrogen and oxygen atoms in total. The average Bonchev–Trinajstić information content (AvgIpc) is 2.18. The van der Waals surface area contributed by atoms with Crippen LogP contribution in [0.15, 0.2) is 0 Å². The lowest BCUT2D eigenvalue weighted by molar-refractivity contribution is 0.000426. The van der Waals surface area contributed by atoms with Crippen LogP contribution in [0.5, 0.6) is 0 Å². The lowest BCUT2D eigenvalue weighted by Crippen LogP contribution is -2.44. The quantitative estimate of drug-likeness (QED) is 0.557. The number of unbranched alkanes of at least 4 members (excludes halogenated alkanes) is 1. The minimum Gasteiger partial charge on any atom is -0.393 e. The van der Waals surface area contributed by atoms with Crippen LogP contribution in [0, 0.1) is 0 Å². The molecule has 3 N–H and O–H groups in total. The molecule has 86 valence electrons. The zero-order valence-corrected chi connectivity index (χ0v) is 9.71. The highest BCUT2D eigenvalue weighted by Crippen LogP contribution is 2.06. The molecule has 0 aliphatic rings. The third-order valence-electron chi connectivity index (χ3n) is 2.51. The van der Waals surface area contributed by atoms with Crippen molar-refractivity contribution in [1.82, 2.24) is 5.32 Å². The van der Waals surface area contributed by atoms with Gasteiger partial charge < -0.3 is 15.5 Å². The smallest absolute Gasteiger partial charge is 0.0972 e. The van der Waals surface area contributed by atoms with Crippen LogP contribution >= 0.6 is 0 Å². The van der Waals surface area contributed by atoms with Crippen LogP contribution in [0.1, 0.15) is 46.5 Å². The van der Waals surface area contributed by atoms with Gasteiger partial charge in [-0.05, 0) is 19.8 Å². The Balaban J connectivity index is 3.71. The van der Waals surface area contributed by atoms with E-state index >= 15 is 0 Å². The molecule has 2 unspecified atom stereocenters. The Morgan fingerprint density at radius 2 is 2.00 bits per heavy atom. The summed E-state index contributed by atoms with van der Waals surface area (Å²) in [5.74, 6) is 0. The minimum atomic E-state index is -0.986. The maximum absolute atomic E-state index is 9.58. The molecule has 14 heavy (non-hydrogen) atoms. The van der Waals surface area contributed by atoms with E-state index in [0.717, 1.165) is 12.8 Å². The maximum atomic E-state index is 9.58. The average molecular weight is 203 g/mol. The van der Waals surface area contributed by atoms with Gasteiger partial charge in [-0.15, -0.1) is 0 Å². The van der Waals surface area contributed by atoms with E-state index in [9.17, 15) is 5.11 Å². The Morgan fingerprint density at radius 3 is 2.43 bits per heavy atom.